The average molecular weight is 230 g/mol. The maximum absolute atomic E-state index is 11.4. The van der Waals surface area contributed by atoms with E-state index in [4.69, 9.17) is 5.73 Å². The van der Waals surface area contributed by atoms with E-state index in [1.165, 1.54) is 17.1 Å². The third-order valence-corrected chi connectivity index (χ3v) is 2.70. The second kappa shape index (κ2) is 4.93. The SMILES string of the molecule is NCCc1ccc(CN2C(=O)C=CC2=O)cc1. The summed E-state index contributed by atoms with van der Waals surface area (Å²) >= 11 is 0. The maximum Gasteiger partial charge on any atom is 0.253 e. The minimum absolute atomic E-state index is 0.249. The van der Waals surface area contributed by atoms with Gasteiger partial charge in [0, 0.05) is 12.2 Å². The Kier molecular flexibility index (Phi) is 3.35. The standard InChI is InChI=1S/C13H14N2O2/c14-8-7-10-1-3-11(4-2-10)9-15-12(16)5-6-13(15)17/h1-6H,7-9,14H2. The molecule has 1 aliphatic heterocycles. The lowest BCUT2D eigenvalue weighted by atomic mass is 10.1. The second-order valence-electron chi connectivity index (χ2n) is 3.95. The van der Waals surface area contributed by atoms with Crippen LogP contribution in [0.3, 0.4) is 0 Å². The van der Waals surface area contributed by atoms with E-state index in [2.05, 4.69) is 0 Å². The molecule has 0 radical (unpaired) electrons. The summed E-state index contributed by atoms with van der Waals surface area (Å²) in [5.41, 5.74) is 7.56. The van der Waals surface area contributed by atoms with E-state index in [0.717, 1.165) is 17.5 Å². The molecule has 4 heteroatoms. The predicted octanol–water partition coefficient (Wildman–Crippen LogP) is 0.613. The first-order valence-electron chi connectivity index (χ1n) is 5.52. The molecule has 0 bridgehead atoms. The molecule has 2 N–H and O–H groups in total. The number of amides is 2. The molecule has 1 aliphatic rings. The van der Waals surface area contributed by atoms with Gasteiger partial charge in [-0.2, -0.15) is 0 Å². The highest BCUT2D eigenvalue weighted by atomic mass is 16.2. The zero-order valence-corrected chi connectivity index (χ0v) is 9.43. The van der Waals surface area contributed by atoms with E-state index in [0.29, 0.717) is 13.1 Å². The van der Waals surface area contributed by atoms with Crippen molar-refractivity contribution < 1.29 is 9.59 Å². The molecule has 0 saturated heterocycles. The van der Waals surface area contributed by atoms with E-state index in [-0.39, 0.29) is 11.8 Å². The molecule has 88 valence electrons. The number of rotatable bonds is 4. The van der Waals surface area contributed by atoms with Gasteiger partial charge in [0.1, 0.15) is 0 Å². The number of carbonyl (C=O) groups excluding carboxylic acids is 2. The topological polar surface area (TPSA) is 63.4 Å². The van der Waals surface area contributed by atoms with Crippen molar-refractivity contribution in [2.75, 3.05) is 6.54 Å². The predicted molar refractivity (Wildman–Crippen MR) is 63.9 cm³/mol. The van der Waals surface area contributed by atoms with Gasteiger partial charge in [0.15, 0.2) is 0 Å². The van der Waals surface area contributed by atoms with Crippen molar-refractivity contribution in [2.45, 2.75) is 13.0 Å². The van der Waals surface area contributed by atoms with Crippen molar-refractivity contribution >= 4 is 11.8 Å². The fourth-order valence-electron chi connectivity index (χ4n) is 1.75. The molecule has 4 nitrogen and oxygen atoms in total. The number of carbonyl (C=O) groups is 2. The molecule has 0 unspecified atom stereocenters. The lowest BCUT2D eigenvalue weighted by Crippen LogP contribution is -2.29. The number of imide groups is 1. The fraction of sp³-hybridized carbons (Fsp3) is 0.231. The molecule has 1 heterocycles. The molecule has 1 aromatic rings. The normalized spacial score (nSPS) is 14.8. The van der Waals surface area contributed by atoms with E-state index in [9.17, 15) is 9.59 Å². The summed E-state index contributed by atoms with van der Waals surface area (Å²) < 4.78 is 0. The van der Waals surface area contributed by atoms with Crippen LogP contribution in [-0.2, 0) is 22.6 Å². The van der Waals surface area contributed by atoms with Crippen LogP contribution >= 0.6 is 0 Å². The van der Waals surface area contributed by atoms with Gasteiger partial charge in [-0.25, -0.2) is 0 Å². The zero-order chi connectivity index (χ0) is 12.3. The second-order valence-corrected chi connectivity index (χ2v) is 3.95. The molecule has 0 fully saturated rings. The molecular weight excluding hydrogens is 216 g/mol. The number of nitrogens with two attached hydrogens (primary N) is 1. The molecule has 0 spiro atoms. The Morgan fingerprint density at radius 2 is 1.47 bits per heavy atom. The Hall–Kier alpha value is -1.94. The summed E-state index contributed by atoms with van der Waals surface area (Å²) in [5.74, 6) is -0.498. The summed E-state index contributed by atoms with van der Waals surface area (Å²) in [4.78, 5) is 23.9. The van der Waals surface area contributed by atoms with E-state index >= 15 is 0 Å². The van der Waals surface area contributed by atoms with Gasteiger partial charge in [-0.15, -0.1) is 0 Å². The number of nitrogens with zero attached hydrogens (tertiary/aromatic N) is 1. The van der Waals surface area contributed by atoms with Crippen LogP contribution in [0, 0.1) is 0 Å². The number of hydrogen-bond donors (Lipinski definition) is 1. The first kappa shape index (κ1) is 11.5. The summed E-state index contributed by atoms with van der Waals surface area (Å²) in [6, 6.07) is 7.79. The Morgan fingerprint density at radius 1 is 0.941 bits per heavy atom. The van der Waals surface area contributed by atoms with E-state index in [1.54, 1.807) is 0 Å². The zero-order valence-electron chi connectivity index (χ0n) is 9.43. The van der Waals surface area contributed by atoms with Crippen molar-refractivity contribution in [3.8, 4) is 0 Å². The third-order valence-electron chi connectivity index (χ3n) is 2.70. The van der Waals surface area contributed by atoms with Crippen LogP contribution in [0.2, 0.25) is 0 Å². The van der Waals surface area contributed by atoms with Gasteiger partial charge >= 0.3 is 0 Å². The summed E-state index contributed by atoms with van der Waals surface area (Å²) in [5, 5.41) is 0. The van der Waals surface area contributed by atoms with Gasteiger partial charge in [0.05, 0.1) is 6.54 Å². The van der Waals surface area contributed by atoms with Gasteiger partial charge < -0.3 is 5.73 Å². The van der Waals surface area contributed by atoms with Crippen LogP contribution in [0.4, 0.5) is 0 Å². The number of hydrogen-bond acceptors (Lipinski definition) is 3. The first-order valence-corrected chi connectivity index (χ1v) is 5.52. The molecule has 0 aromatic heterocycles. The van der Waals surface area contributed by atoms with Crippen LogP contribution in [0.5, 0.6) is 0 Å². The van der Waals surface area contributed by atoms with Crippen molar-refractivity contribution in [2.24, 2.45) is 5.73 Å². The Bertz CT molecular complexity index is 445. The molecular formula is C13H14N2O2. The Labute approximate surface area is 99.7 Å². The van der Waals surface area contributed by atoms with Crippen molar-refractivity contribution in [3.05, 3.63) is 47.5 Å². The van der Waals surface area contributed by atoms with Crippen molar-refractivity contribution in [1.82, 2.24) is 4.90 Å². The summed E-state index contributed by atoms with van der Waals surface area (Å²) in [6.45, 7) is 0.944. The molecule has 0 aliphatic carbocycles. The van der Waals surface area contributed by atoms with E-state index in [1.807, 2.05) is 24.3 Å². The highest BCUT2D eigenvalue weighted by Crippen LogP contribution is 2.11. The van der Waals surface area contributed by atoms with Crippen LogP contribution in [0.15, 0.2) is 36.4 Å². The van der Waals surface area contributed by atoms with Gasteiger partial charge in [-0.3, -0.25) is 14.5 Å². The van der Waals surface area contributed by atoms with Crippen molar-refractivity contribution in [3.63, 3.8) is 0 Å². The van der Waals surface area contributed by atoms with Crippen molar-refractivity contribution in [1.29, 1.82) is 0 Å². The molecule has 17 heavy (non-hydrogen) atoms. The highest BCUT2D eigenvalue weighted by molar-refractivity contribution is 6.12. The van der Waals surface area contributed by atoms with E-state index < -0.39 is 0 Å². The smallest absolute Gasteiger partial charge is 0.253 e. The van der Waals surface area contributed by atoms with Gasteiger partial charge in [-0.1, -0.05) is 24.3 Å². The minimum Gasteiger partial charge on any atom is -0.330 e. The first-order chi connectivity index (χ1) is 8.20. The van der Waals surface area contributed by atoms with Gasteiger partial charge in [0.2, 0.25) is 0 Å². The van der Waals surface area contributed by atoms with Crippen LogP contribution < -0.4 is 5.73 Å². The van der Waals surface area contributed by atoms with Gasteiger partial charge in [0.25, 0.3) is 11.8 Å². The summed E-state index contributed by atoms with van der Waals surface area (Å²) in [6.07, 6.45) is 3.43. The molecule has 0 saturated carbocycles. The van der Waals surface area contributed by atoms with Gasteiger partial charge in [-0.05, 0) is 24.1 Å². The largest absolute Gasteiger partial charge is 0.330 e. The quantitative estimate of drug-likeness (QED) is 0.771. The Morgan fingerprint density at radius 3 is 2.00 bits per heavy atom. The molecule has 0 atom stereocenters. The third kappa shape index (κ3) is 2.60. The maximum atomic E-state index is 11.4. The lowest BCUT2D eigenvalue weighted by molar-refractivity contribution is -0.137. The molecule has 1 aromatic carbocycles. The fourth-order valence-corrected chi connectivity index (χ4v) is 1.75. The average Bonchev–Trinajstić information content (AvgIpc) is 2.64. The summed E-state index contributed by atoms with van der Waals surface area (Å²) in [7, 11) is 0. The Balaban J connectivity index is 2.04. The monoisotopic (exact) mass is 230 g/mol. The molecule has 2 rings (SSSR count). The number of benzene rings is 1. The minimum atomic E-state index is -0.249. The van der Waals surface area contributed by atoms with Crippen LogP contribution in [0.25, 0.3) is 0 Å². The highest BCUT2D eigenvalue weighted by Gasteiger charge is 2.22. The van der Waals surface area contributed by atoms with Crippen LogP contribution in [0.1, 0.15) is 11.1 Å². The molecule has 2 amide bonds. The lowest BCUT2D eigenvalue weighted by Gasteiger charge is -2.13. The van der Waals surface area contributed by atoms with Crippen LogP contribution in [-0.4, -0.2) is 23.3 Å².